The number of para-hydroxylation sites is 1. The van der Waals surface area contributed by atoms with Crippen LogP contribution >= 0.6 is 0 Å². The van der Waals surface area contributed by atoms with E-state index in [1.807, 2.05) is 37.3 Å². The maximum absolute atomic E-state index is 11.1. The molecule has 0 spiro atoms. The van der Waals surface area contributed by atoms with Crippen molar-refractivity contribution in [2.75, 3.05) is 11.7 Å². The summed E-state index contributed by atoms with van der Waals surface area (Å²) in [5.41, 5.74) is 0.891. The van der Waals surface area contributed by atoms with Gasteiger partial charge in [0, 0.05) is 11.3 Å². The molecule has 1 fully saturated rings. The lowest BCUT2D eigenvalue weighted by Gasteiger charge is -2.36. The van der Waals surface area contributed by atoms with Crippen LogP contribution in [0.3, 0.4) is 0 Å². The highest BCUT2D eigenvalue weighted by Crippen LogP contribution is 2.27. The summed E-state index contributed by atoms with van der Waals surface area (Å²) in [7, 11) is 0. The normalized spacial score (nSPS) is 21.6. The van der Waals surface area contributed by atoms with E-state index in [2.05, 4.69) is 0 Å². The van der Waals surface area contributed by atoms with Crippen LogP contribution in [0.5, 0.6) is 0 Å². The highest BCUT2D eigenvalue weighted by molar-refractivity contribution is 5.44. The summed E-state index contributed by atoms with van der Waals surface area (Å²) >= 11 is 0. The minimum absolute atomic E-state index is 0.179. The quantitative estimate of drug-likeness (QED) is 0.609. The third kappa shape index (κ3) is 2.61. The molecule has 0 saturated carbocycles. The van der Waals surface area contributed by atoms with Gasteiger partial charge in [0.2, 0.25) is 6.04 Å². The molecule has 1 heterocycles. The van der Waals surface area contributed by atoms with E-state index in [0.29, 0.717) is 13.0 Å². The van der Waals surface area contributed by atoms with E-state index in [-0.39, 0.29) is 11.0 Å². The van der Waals surface area contributed by atoms with Gasteiger partial charge in [-0.15, -0.1) is 0 Å². The predicted molar refractivity (Wildman–Crippen MR) is 69.0 cm³/mol. The van der Waals surface area contributed by atoms with Gasteiger partial charge in [-0.2, -0.15) is 0 Å². The number of nitrogens with zero attached hydrogens (tertiary/aromatic N) is 2. The number of hydrogen-bond donors (Lipinski definition) is 0. The van der Waals surface area contributed by atoms with Crippen LogP contribution in [0.4, 0.5) is 5.69 Å². The van der Waals surface area contributed by atoms with E-state index < -0.39 is 6.04 Å². The van der Waals surface area contributed by atoms with E-state index in [4.69, 9.17) is 4.84 Å². The molecule has 1 aromatic carbocycles. The van der Waals surface area contributed by atoms with E-state index in [0.717, 1.165) is 18.5 Å². The second-order valence-corrected chi connectivity index (χ2v) is 4.47. The van der Waals surface area contributed by atoms with Crippen molar-refractivity contribution in [1.29, 1.82) is 0 Å². The fraction of sp³-hybridized carbons (Fsp3) is 0.538. The van der Waals surface area contributed by atoms with Gasteiger partial charge < -0.3 is 0 Å². The molecule has 5 heteroatoms. The van der Waals surface area contributed by atoms with Crippen LogP contribution in [-0.2, 0) is 4.84 Å². The Labute approximate surface area is 106 Å². The van der Waals surface area contributed by atoms with Crippen molar-refractivity contribution in [3.05, 3.63) is 40.4 Å². The standard InChI is InChI=1S/C13H18N2O3/c1-2-12(15(16)17)13-9-6-10-18-14(13)11-7-4-3-5-8-11/h3-5,7-8,12-13H,2,6,9-10H2,1H3/t12?,13-/m1/s1. The summed E-state index contributed by atoms with van der Waals surface area (Å²) in [6.07, 6.45) is 2.19. The first-order valence-electron chi connectivity index (χ1n) is 6.34. The van der Waals surface area contributed by atoms with Gasteiger partial charge in [-0.05, 0) is 25.0 Å². The summed E-state index contributed by atoms with van der Waals surface area (Å²) < 4.78 is 0. The van der Waals surface area contributed by atoms with Gasteiger partial charge in [0.15, 0.2) is 0 Å². The van der Waals surface area contributed by atoms with Gasteiger partial charge in [0.25, 0.3) is 0 Å². The zero-order chi connectivity index (χ0) is 13.0. The zero-order valence-corrected chi connectivity index (χ0v) is 10.5. The van der Waals surface area contributed by atoms with Crippen molar-refractivity contribution < 1.29 is 9.76 Å². The number of nitro groups is 1. The molecule has 5 nitrogen and oxygen atoms in total. The van der Waals surface area contributed by atoms with Crippen LogP contribution < -0.4 is 5.06 Å². The molecule has 1 unspecified atom stereocenters. The molecule has 0 bridgehead atoms. The van der Waals surface area contributed by atoms with E-state index >= 15 is 0 Å². The number of benzene rings is 1. The maximum Gasteiger partial charge on any atom is 0.235 e. The summed E-state index contributed by atoms with van der Waals surface area (Å²) in [6, 6.07) is 8.84. The Kier molecular flexibility index (Phi) is 4.15. The lowest BCUT2D eigenvalue weighted by molar-refractivity contribution is -0.528. The molecular formula is C13H18N2O3. The Morgan fingerprint density at radius 1 is 1.50 bits per heavy atom. The molecule has 1 aliphatic rings. The fourth-order valence-electron chi connectivity index (χ4n) is 2.42. The molecule has 2 atom stereocenters. The third-order valence-electron chi connectivity index (χ3n) is 3.32. The number of anilines is 1. The van der Waals surface area contributed by atoms with Crippen molar-refractivity contribution in [2.45, 2.75) is 38.3 Å². The van der Waals surface area contributed by atoms with Crippen molar-refractivity contribution in [2.24, 2.45) is 0 Å². The molecule has 1 aromatic rings. The Bertz CT molecular complexity index is 396. The van der Waals surface area contributed by atoms with Gasteiger partial charge >= 0.3 is 0 Å². The summed E-state index contributed by atoms with van der Waals surface area (Å²) in [6.45, 7) is 2.48. The smallest absolute Gasteiger partial charge is 0.235 e. The molecule has 0 N–H and O–H groups in total. The second kappa shape index (κ2) is 5.82. The highest BCUT2D eigenvalue weighted by atomic mass is 16.7. The monoisotopic (exact) mass is 250 g/mol. The first-order valence-corrected chi connectivity index (χ1v) is 6.34. The molecule has 1 aliphatic heterocycles. The van der Waals surface area contributed by atoms with E-state index in [9.17, 15) is 10.1 Å². The topological polar surface area (TPSA) is 55.6 Å². The number of hydroxylamine groups is 1. The molecule has 0 aromatic heterocycles. The summed E-state index contributed by atoms with van der Waals surface area (Å²) in [5, 5.41) is 12.9. The first kappa shape index (κ1) is 12.8. The molecule has 0 amide bonds. The van der Waals surface area contributed by atoms with E-state index in [1.54, 1.807) is 5.06 Å². The van der Waals surface area contributed by atoms with Crippen molar-refractivity contribution in [3.63, 3.8) is 0 Å². The number of rotatable bonds is 4. The number of hydrogen-bond acceptors (Lipinski definition) is 4. The zero-order valence-electron chi connectivity index (χ0n) is 10.5. The largest absolute Gasteiger partial charge is 0.273 e. The molecule has 0 aliphatic carbocycles. The molecule has 98 valence electrons. The Morgan fingerprint density at radius 3 is 2.83 bits per heavy atom. The third-order valence-corrected chi connectivity index (χ3v) is 3.32. The van der Waals surface area contributed by atoms with Crippen LogP contribution in [0.25, 0.3) is 0 Å². The molecule has 1 saturated heterocycles. The lowest BCUT2D eigenvalue weighted by Crippen LogP contribution is -2.49. The van der Waals surface area contributed by atoms with Gasteiger partial charge in [0.05, 0.1) is 12.3 Å². The Hall–Kier alpha value is -1.62. The van der Waals surface area contributed by atoms with Crippen LogP contribution in [0.2, 0.25) is 0 Å². The van der Waals surface area contributed by atoms with E-state index in [1.165, 1.54) is 0 Å². The minimum Gasteiger partial charge on any atom is -0.273 e. The Balaban J connectivity index is 2.23. The van der Waals surface area contributed by atoms with Crippen LogP contribution in [-0.4, -0.2) is 23.6 Å². The highest BCUT2D eigenvalue weighted by Gasteiger charge is 2.37. The molecule has 0 radical (unpaired) electrons. The van der Waals surface area contributed by atoms with Gasteiger partial charge in [-0.1, -0.05) is 25.1 Å². The first-order chi connectivity index (χ1) is 8.74. The van der Waals surface area contributed by atoms with Gasteiger partial charge in [-0.25, -0.2) is 5.06 Å². The maximum atomic E-state index is 11.1. The van der Waals surface area contributed by atoms with Gasteiger partial charge in [0.1, 0.15) is 6.04 Å². The fourth-order valence-corrected chi connectivity index (χ4v) is 2.42. The molecular weight excluding hydrogens is 232 g/mol. The van der Waals surface area contributed by atoms with Crippen LogP contribution in [0.1, 0.15) is 26.2 Å². The summed E-state index contributed by atoms with van der Waals surface area (Å²) in [5.74, 6) is 0. The SMILES string of the molecule is CCC([C@H]1CCCON1c1ccccc1)[N+](=O)[O-]. The predicted octanol–water partition coefficient (Wildman–Crippen LogP) is 2.64. The van der Waals surface area contributed by atoms with Crippen molar-refractivity contribution >= 4 is 5.69 Å². The van der Waals surface area contributed by atoms with Crippen molar-refractivity contribution in [1.82, 2.24) is 0 Å². The van der Waals surface area contributed by atoms with Crippen molar-refractivity contribution in [3.8, 4) is 0 Å². The second-order valence-electron chi connectivity index (χ2n) is 4.47. The van der Waals surface area contributed by atoms with Gasteiger partial charge in [-0.3, -0.25) is 15.0 Å². The lowest BCUT2D eigenvalue weighted by atomic mass is 9.99. The average molecular weight is 250 g/mol. The minimum atomic E-state index is -0.578. The molecule has 2 rings (SSSR count). The Morgan fingerprint density at radius 2 is 2.22 bits per heavy atom. The van der Waals surface area contributed by atoms with Crippen LogP contribution in [0, 0.1) is 10.1 Å². The molecule has 18 heavy (non-hydrogen) atoms. The van der Waals surface area contributed by atoms with Crippen LogP contribution in [0.15, 0.2) is 30.3 Å². The summed E-state index contributed by atoms with van der Waals surface area (Å²) in [4.78, 5) is 16.6. The average Bonchev–Trinajstić information content (AvgIpc) is 2.41.